The molecule has 0 heterocycles. The van der Waals surface area contributed by atoms with E-state index in [9.17, 15) is 9.59 Å². The standard InChI is InChI=1S/C21H30O4/c1-9-15(12-13(2)3)10-11-21(5,6)16-14(4)17(22)19(24-7)20(25-8)18(16)23/h9-10,13H,1,11-12H2,2-8H3/b15-10+. The lowest BCUT2D eigenvalue weighted by Crippen LogP contribution is -2.32. The number of hydrogen-bond donors (Lipinski definition) is 0. The minimum Gasteiger partial charge on any atom is -0.489 e. The molecular weight excluding hydrogens is 316 g/mol. The highest BCUT2D eigenvalue weighted by Crippen LogP contribution is 2.39. The fourth-order valence-electron chi connectivity index (χ4n) is 3.17. The summed E-state index contributed by atoms with van der Waals surface area (Å²) < 4.78 is 10.3. The van der Waals surface area contributed by atoms with Crippen LogP contribution in [-0.2, 0) is 19.1 Å². The number of hydrogen-bond acceptors (Lipinski definition) is 4. The largest absolute Gasteiger partial charge is 0.489 e. The molecule has 1 aliphatic rings. The Morgan fingerprint density at radius 1 is 1.12 bits per heavy atom. The van der Waals surface area contributed by atoms with Crippen LogP contribution in [0.15, 0.2) is 47.0 Å². The first-order valence-corrected chi connectivity index (χ1v) is 8.55. The molecule has 0 spiro atoms. The van der Waals surface area contributed by atoms with Crippen LogP contribution in [0.3, 0.4) is 0 Å². The third-order valence-electron chi connectivity index (χ3n) is 4.43. The van der Waals surface area contributed by atoms with Gasteiger partial charge in [0.2, 0.25) is 23.1 Å². The van der Waals surface area contributed by atoms with Crippen molar-refractivity contribution in [1.29, 1.82) is 0 Å². The van der Waals surface area contributed by atoms with Crippen molar-refractivity contribution in [3.63, 3.8) is 0 Å². The molecule has 4 heteroatoms. The molecule has 0 atom stereocenters. The van der Waals surface area contributed by atoms with Gasteiger partial charge in [-0.05, 0) is 31.1 Å². The minimum atomic E-state index is -0.509. The summed E-state index contributed by atoms with van der Waals surface area (Å²) in [5, 5.41) is 0. The summed E-state index contributed by atoms with van der Waals surface area (Å²) in [6.07, 6.45) is 5.52. The third-order valence-corrected chi connectivity index (χ3v) is 4.43. The molecular formula is C21H30O4. The first-order chi connectivity index (χ1) is 11.6. The maximum atomic E-state index is 12.9. The molecule has 0 unspecified atom stereocenters. The van der Waals surface area contributed by atoms with Crippen LogP contribution in [0.1, 0.15) is 47.5 Å². The van der Waals surface area contributed by atoms with Crippen molar-refractivity contribution in [2.75, 3.05) is 14.2 Å². The first-order valence-electron chi connectivity index (χ1n) is 8.55. The lowest BCUT2D eigenvalue weighted by Gasteiger charge is -2.31. The second-order valence-electron chi connectivity index (χ2n) is 7.39. The third kappa shape index (κ3) is 4.50. The van der Waals surface area contributed by atoms with Crippen LogP contribution in [0.25, 0.3) is 0 Å². The SMILES string of the molecule is C=C/C(=C\CC(C)(C)C1=C(C)C(=O)C(OC)=C(OC)C1=O)CC(C)C. The van der Waals surface area contributed by atoms with Gasteiger partial charge in [0.15, 0.2) is 0 Å². The van der Waals surface area contributed by atoms with Crippen molar-refractivity contribution in [3.8, 4) is 0 Å². The van der Waals surface area contributed by atoms with Gasteiger partial charge in [-0.25, -0.2) is 0 Å². The Bertz CT molecular complexity index is 657. The zero-order valence-corrected chi connectivity index (χ0v) is 16.5. The molecule has 4 nitrogen and oxygen atoms in total. The molecule has 138 valence electrons. The summed E-state index contributed by atoms with van der Waals surface area (Å²) in [5.41, 5.74) is 1.55. The van der Waals surface area contributed by atoms with Gasteiger partial charge in [0.05, 0.1) is 14.2 Å². The summed E-state index contributed by atoms with van der Waals surface area (Å²) in [6, 6.07) is 0. The summed E-state index contributed by atoms with van der Waals surface area (Å²) in [6.45, 7) is 13.8. The number of methoxy groups -OCH3 is 2. The van der Waals surface area contributed by atoms with Gasteiger partial charge in [-0.2, -0.15) is 0 Å². The van der Waals surface area contributed by atoms with Crippen LogP contribution >= 0.6 is 0 Å². The molecule has 1 aliphatic carbocycles. The van der Waals surface area contributed by atoms with E-state index in [-0.39, 0.29) is 23.1 Å². The Kier molecular flexibility index (Phi) is 6.97. The topological polar surface area (TPSA) is 52.6 Å². The van der Waals surface area contributed by atoms with Gasteiger partial charge in [0.1, 0.15) is 0 Å². The highest BCUT2D eigenvalue weighted by atomic mass is 16.5. The van der Waals surface area contributed by atoms with Gasteiger partial charge in [-0.1, -0.05) is 52.0 Å². The number of allylic oxidation sites excluding steroid dienone is 5. The smallest absolute Gasteiger partial charge is 0.228 e. The normalized spacial score (nSPS) is 16.7. The molecule has 0 aromatic heterocycles. The quantitative estimate of drug-likeness (QED) is 0.478. The zero-order valence-electron chi connectivity index (χ0n) is 16.5. The lowest BCUT2D eigenvalue weighted by atomic mass is 9.73. The van der Waals surface area contributed by atoms with Crippen molar-refractivity contribution < 1.29 is 19.1 Å². The number of rotatable bonds is 8. The lowest BCUT2D eigenvalue weighted by molar-refractivity contribution is -0.121. The van der Waals surface area contributed by atoms with E-state index in [4.69, 9.17) is 9.47 Å². The van der Waals surface area contributed by atoms with Crippen molar-refractivity contribution >= 4 is 11.6 Å². The van der Waals surface area contributed by atoms with E-state index < -0.39 is 5.41 Å². The fraction of sp³-hybridized carbons (Fsp3) is 0.524. The molecule has 1 rings (SSSR count). The molecule has 0 amide bonds. The highest BCUT2D eigenvalue weighted by molar-refractivity contribution is 6.23. The van der Waals surface area contributed by atoms with E-state index in [1.807, 2.05) is 19.9 Å². The average molecular weight is 346 g/mol. The predicted octanol–water partition coefficient (Wildman–Crippen LogP) is 4.53. The van der Waals surface area contributed by atoms with Crippen molar-refractivity contribution in [2.45, 2.75) is 47.5 Å². The van der Waals surface area contributed by atoms with E-state index in [0.29, 0.717) is 23.5 Å². The van der Waals surface area contributed by atoms with E-state index in [1.54, 1.807) is 6.92 Å². The van der Waals surface area contributed by atoms with E-state index >= 15 is 0 Å². The van der Waals surface area contributed by atoms with Gasteiger partial charge in [-0.15, -0.1) is 0 Å². The van der Waals surface area contributed by atoms with Crippen molar-refractivity contribution in [1.82, 2.24) is 0 Å². The second-order valence-corrected chi connectivity index (χ2v) is 7.39. The van der Waals surface area contributed by atoms with Crippen LogP contribution in [-0.4, -0.2) is 25.8 Å². The zero-order chi connectivity index (χ0) is 19.4. The maximum absolute atomic E-state index is 12.9. The Labute approximate surface area is 151 Å². The molecule has 0 saturated heterocycles. The van der Waals surface area contributed by atoms with Gasteiger partial charge < -0.3 is 9.47 Å². The van der Waals surface area contributed by atoms with Gasteiger partial charge in [0.25, 0.3) is 0 Å². The molecule has 0 fully saturated rings. The van der Waals surface area contributed by atoms with Crippen molar-refractivity contribution in [3.05, 3.63) is 47.0 Å². The van der Waals surface area contributed by atoms with Crippen LogP contribution in [0.2, 0.25) is 0 Å². The molecule has 0 aromatic rings. The Balaban J connectivity index is 3.26. The van der Waals surface area contributed by atoms with E-state index in [2.05, 4.69) is 26.5 Å². The Hall–Kier alpha value is -2.10. The van der Waals surface area contributed by atoms with Crippen LogP contribution in [0.4, 0.5) is 0 Å². The Morgan fingerprint density at radius 3 is 2.08 bits per heavy atom. The van der Waals surface area contributed by atoms with Crippen molar-refractivity contribution in [2.24, 2.45) is 11.3 Å². The maximum Gasteiger partial charge on any atom is 0.228 e. The molecule has 0 radical (unpaired) electrons. The molecule has 0 saturated carbocycles. The first kappa shape index (κ1) is 20.9. The van der Waals surface area contributed by atoms with E-state index in [0.717, 1.165) is 12.0 Å². The molecule has 0 aromatic carbocycles. The average Bonchev–Trinajstić information content (AvgIpc) is 2.54. The summed E-state index contributed by atoms with van der Waals surface area (Å²) in [4.78, 5) is 25.5. The number of ketones is 2. The van der Waals surface area contributed by atoms with Gasteiger partial charge >= 0.3 is 0 Å². The van der Waals surface area contributed by atoms with Gasteiger partial charge in [-0.3, -0.25) is 9.59 Å². The van der Waals surface area contributed by atoms with Crippen LogP contribution in [0, 0.1) is 11.3 Å². The second kappa shape index (κ2) is 8.32. The number of carbonyl (C=O) groups excluding carboxylic acids is 2. The van der Waals surface area contributed by atoms with Crippen LogP contribution < -0.4 is 0 Å². The molecule has 0 aliphatic heterocycles. The fourth-order valence-corrected chi connectivity index (χ4v) is 3.17. The van der Waals surface area contributed by atoms with E-state index in [1.165, 1.54) is 14.2 Å². The van der Waals surface area contributed by atoms with Gasteiger partial charge in [0, 0.05) is 11.1 Å². The monoisotopic (exact) mass is 346 g/mol. The summed E-state index contributed by atoms with van der Waals surface area (Å²) in [5.74, 6) is -0.0857. The number of Topliss-reactive ketones (excluding diaryl/α,β-unsaturated/α-hetero) is 2. The predicted molar refractivity (Wildman–Crippen MR) is 99.9 cm³/mol. The Morgan fingerprint density at radius 2 is 1.64 bits per heavy atom. The molecule has 25 heavy (non-hydrogen) atoms. The highest BCUT2D eigenvalue weighted by Gasteiger charge is 2.40. The summed E-state index contributed by atoms with van der Waals surface area (Å²) in [7, 11) is 2.75. The molecule has 0 N–H and O–H groups in total. The number of carbonyl (C=O) groups is 2. The number of ether oxygens (including phenoxy) is 2. The minimum absolute atomic E-state index is 0.0173. The summed E-state index contributed by atoms with van der Waals surface area (Å²) >= 11 is 0. The van der Waals surface area contributed by atoms with Crippen LogP contribution in [0.5, 0.6) is 0 Å². The molecule has 0 bridgehead atoms.